The van der Waals surface area contributed by atoms with Crippen LogP contribution in [0.25, 0.3) is 0 Å². The molecule has 0 radical (unpaired) electrons. The molecule has 1 fully saturated rings. The quantitative estimate of drug-likeness (QED) is 0.725. The van der Waals surface area contributed by atoms with E-state index in [1.807, 2.05) is 18.7 Å². The highest BCUT2D eigenvalue weighted by Gasteiger charge is 2.34. The summed E-state index contributed by atoms with van der Waals surface area (Å²) in [6.07, 6.45) is 3.29. The molecule has 0 aliphatic heterocycles. The number of amides is 1. The summed E-state index contributed by atoms with van der Waals surface area (Å²) < 4.78 is 0. The molecule has 3 nitrogen and oxygen atoms in total. The molecule has 82 valence electrons. The monoisotopic (exact) mass is 198 g/mol. The number of hydrogen-bond acceptors (Lipinski definition) is 2. The topological polar surface area (TPSA) is 46.3 Å². The average Bonchev–Trinajstić information content (AvgIpc) is 3.00. The van der Waals surface area contributed by atoms with Gasteiger partial charge in [-0.25, -0.2) is 0 Å². The zero-order chi connectivity index (χ0) is 10.7. The molecule has 0 heterocycles. The maximum Gasteiger partial charge on any atom is 0.239 e. The highest BCUT2D eigenvalue weighted by Crippen LogP contribution is 2.27. The minimum absolute atomic E-state index is 0.143. The highest BCUT2D eigenvalue weighted by atomic mass is 16.2. The SMILES string of the molecule is CCC(C)[C@H](N)C(=O)N(CC)C1CC1. The van der Waals surface area contributed by atoms with Crippen LogP contribution in [0, 0.1) is 5.92 Å². The molecule has 0 aromatic rings. The van der Waals surface area contributed by atoms with Crippen molar-refractivity contribution in [3.8, 4) is 0 Å². The summed E-state index contributed by atoms with van der Waals surface area (Å²) in [6.45, 7) is 6.95. The number of nitrogens with two attached hydrogens (primary N) is 1. The maximum atomic E-state index is 12.0. The Kier molecular flexibility index (Phi) is 3.93. The molecule has 1 amide bonds. The molecule has 0 saturated heterocycles. The minimum Gasteiger partial charge on any atom is -0.339 e. The summed E-state index contributed by atoms with van der Waals surface area (Å²) in [5.74, 6) is 0.430. The van der Waals surface area contributed by atoms with Gasteiger partial charge < -0.3 is 10.6 Å². The number of hydrogen-bond donors (Lipinski definition) is 1. The van der Waals surface area contributed by atoms with E-state index in [-0.39, 0.29) is 17.9 Å². The van der Waals surface area contributed by atoms with Crippen LogP contribution in [0.3, 0.4) is 0 Å². The van der Waals surface area contributed by atoms with E-state index in [1.54, 1.807) is 0 Å². The fourth-order valence-electron chi connectivity index (χ4n) is 1.67. The lowest BCUT2D eigenvalue weighted by Crippen LogP contribution is -2.47. The van der Waals surface area contributed by atoms with Gasteiger partial charge in [-0.2, -0.15) is 0 Å². The molecular formula is C11H22N2O. The molecule has 1 saturated carbocycles. The third-order valence-electron chi connectivity index (χ3n) is 3.15. The second-order valence-electron chi connectivity index (χ2n) is 4.27. The van der Waals surface area contributed by atoms with Crippen molar-refractivity contribution in [2.24, 2.45) is 11.7 Å². The molecule has 1 rings (SSSR count). The second-order valence-corrected chi connectivity index (χ2v) is 4.27. The summed E-state index contributed by atoms with van der Waals surface area (Å²) in [5, 5.41) is 0. The summed E-state index contributed by atoms with van der Waals surface area (Å²) in [5.41, 5.74) is 5.92. The van der Waals surface area contributed by atoms with E-state index in [4.69, 9.17) is 5.73 Å². The van der Waals surface area contributed by atoms with Gasteiger partial charge in [-0.3, -0.25) is 4.79 Å². The molecule has 2 atom stereocenters. The molecule has 0 spiro atoms. The van der Waals surface area contributed by atoms with Crippen molar-refractivity contribution in [3.63, 3.8) is 0 Å². The van der Waals surface area contributed by atoms with Crippen LogP contribution in [0.4, 0.5) is 0 Å². The lowest BCUT2D eigenvalue weighted by atomic mass is 9.99. The third kappa shape index (κ3) is 2.47. The maximum absolute atomic E-state index is 12.0. The van der Waals surface area contributed by atoms with Crippen molar-refractivity contribution in [3.05, 3.63) is 0 Å². The van der Waals surface area contributed by atoms with E-state index in [0.717, 1.165) is 25.8 Å². The van der Waals surface area contributed by atoms with Crippen LogP contribution < -0.4 is 5.73 Å². The van der Waals surface area contributed by atoms with Gasteiger partial charge in [0.25, 0.3) is 0 Å². The zero-order valence-electron chi connectivity index (χ0n) is 9.49. The summed E-state index contributed by atoms with van der Waals surface area (Å²) in [4.78, 5) is 13.9. The van der Waals surface area contributed by atoms with Gasteiger partial charge in [-0.15, -0.1) is 0 Å². The Labute approximate surface area is 86.6 Å². The summed E-state index contributed by atoms with van der Waals surface area (Å²) >= 11 is 0. The van der Waals surface area contributed by atoms with E-state index < -0.39 is 0 Å². The van der Waals surface area contributed by atoms with Crippen molar-refractivity contribution in [1.82, 2.24) is 4.90 Å². The Hall–Kier alpha value is -0.570. The van der Waals surface area contributed by atoms with Crippen LogP contribution in [-0.2, 0) is 4.79 Å². The zero-order valence-corrected chi connectivity index (χ0v) is 9.49. The average molecular weight is 198 g/mol. The van der Waals surface area contributed by atoms with Crippen LogP contribution in [0.5, 0.6) is 0 Å². The van der Waals surface area contributed by atoms with Crippen LogP contribution in [0.15, 0.2) is 0 Å². The molecular weight excluding hydrogens is 176 g/mol. The van der Waals surface area contributed by atoms with Gasteiger partial charge in [0.2, 0.25) is 5.91 Å². The van der Waals surface area contributed by atoms with E-state index in [1.165, 1.54) is 0 Å². The first kappa shape index (κ1) is 11.5. The van der Waals surface area contributed by atoms with Crippen molar-refractivity contribution in [2.45, 2.75) is 52.1 Å². The molecule has 14 heavy (non-hydrogen) atoms. The van der Waals surface area contributed by atoms with E-state index in [0.29, 0.717) is 6.04 Å². The molecule has 0 aromatic heterocycles. The standard InChI is InChI=1S/C11H22N2O/c1-4-8(3)10(12)11(14)13(5-2)9-6-7-9/h8-10H,4-7,12H2,1-3H3/t8?,10-/m0/s1. The van der Waals surface area contributed by atoms with E-state index in [2.05, 4.69) is 6.92 Å². The van der Waals surface area contributed by atoms with Crippen molar-refractivity contribution in [2.75, 3.05) is 6.54 Å². The van der Waals surface area contributed by atoms with E-state index in [9.17, 15) is 4.79 Å². The smallest absolute Gasteiger partial charge is 0.239 e. The predicted molar refractivity (Wildman–Crippen MR) is 57.8 cm³/mol. The van der Waals surface area contributed by atoms with Crippen molar-refractivity contribution in [1.29, 1.82) is 0 Å². The van der Waals surface area contributed by atoms with Crippen LogP contribution in [-0.4, -0.2) is 29.4 Å². The molecule has 3 heteroatoms. The largest absolute Gasteiger partial charge is 0.339 e. The Morgan fingerprint density at radius 2 is 2.07 bits per heavy atom. The van der Waals surface area contributed by atoms with Crippen LogP contribution in [0.2, 0.25) is 0 Å². The van der Waals surface area contributed by atoms with Crippen LogP contribution >= 0.6 is 0 Å². The molecule has 1 unspecified atom stereocenters. The van der Waals surface area contributed by atoms with Gasteiger partial charge in [-0.05, 0) is 25.7 Å². The minimum atomic E-state index is -0.305. The number of rotatable bonds is 5. The van der Waals surface area contributed by atoms with Gasteiger partial charge in [0, 0.05) is 12.6 Å². The lowest BCUT2D eigenvalue weighted by molar-refractivity contribution is -0.134. The number of likely N-dealkylation sites (N-methyl/N-ethyl adjacent to an activating group) is 1. The van der Waals surface area contributed by atoms with Gasteiger partial charge >= 0.3 is 0 Å². The fourth-order valence-corrected chi connectivity index (χ4v) is 1.67. The third-order valence-corrected chi connectivity index (χ3v) is 3.15. The fraction of sp³-hybridized carbons (Fsp3) is 0.909. The Morgan fingerprint density at radius 3 is 2.43 bits per heavy atom. The number of carbonyl (C=O) groups is 1. The second kappa shape index (κ2) is 4.78. The van der Waals surface area contributed by atoms with Crippen molar-refractivity contribution < 1.29 is 4.79 Å². The number of carbonyl (C=O) groups excluding carboxylic acids is 1. The Balaban J connectivity index is 2.52. The number of nitrogens with zero attached hydrogens (tertiary/aromatic N) is 1. The van der Waals surface area contributed by atoms with Gasteiger partial charge in [0.1, 0.15) is 0 Å². The first-order chi connectivity index (χ1) is 6.61. The summed E-state index contributed by atoms with van der Waals surface area (Å²) in [7, 11) is 0. The molecule has 0 bridgehead atoms. The Morgan fingerprint density at radius 1 is 1.50 bits per heavy atom. The van der Waals surface area contributed by atoms with E-state index >= 15 is 0 Å². The predicted octanol–water partition coefficient (Wildman–Crippen LogP) is 1.37. The summed E-state index contributed by atoms with van der Waals surface area (Å²) in [6, 6.07) is 0.183. The first-order valence-electron chi connectivity index (χ1n) is 5.67. The Bertz CT molecular complexity index is 201. The lowest BCUT2D eigenvalue weighted by Gasteiger charge is -2.26. The van der Waals surface area contributed by atoms with Crippen molar-refractivity contribution >= 4 is 5.91 Å². The van der Waals surface area contributed by atoms with Crippen LogP contribution in [0.1, 0.15) is 40.0 Å². The molecule has 1 aliphatic rings. The van der Waals surface area contributed by atoms with Gasteiger partial charge in [0.05, 0.1) is 6.04 Å². The van der Waals surface area contributed by atoms with Gasteiger partial charge in [-0.1, -0.05) is 20.3 Å². The molecule has 2 N–H and O–H groups in total. The first-order valence-corrected chi connectivity index (χ1v) is 5.67. The highest BCUT2D eigenvalue weighted by molar-refractivity contribution is 5.82. The van der Waals surface area contributed by atoms with Gasteiger partial charge in [0.15, 0.2) is 0 Å². The molecule has 1 aliphatic carbocycles. The normalized spacial score (nSPS) is 20.3. The molecule has 0 aromatic carbocycles.